The van der Waals surface area contributed by atoms with E-state index in [9.17, 15) is 19.3 Å². The van der Waals surface area contributed by atoms with E-state index in [1.165, 1.54) is 18.2 Å². The topological polar surface area (TPSA) is 66.7 Å². The third-order valence-electron chi connectivity index (χ3n) is 4.41. The molecule has 0 aromatic heterocycles. The minimum atomic E-state index is -0.474. The molecule has 0 saturated carbocycles. The highest BCUT2D eigenvalue weighted by molar-refractivity contribution is 5.95. The molecule has 0 N–H and O–H groups in total. The summed E-state index contributed by atoms with van der Waals surface area (Å²) in [5.41, 5.74) is 1.73. The SMILES string of the molecule is Cc1ccc(C(=O)N2CCN(c3ccc(F)cc3)CC2)cc1[N+](=O)[O-]. The van der Waals surface area contributed by atoms with Crippen molar-refractivity contribution in [1.29, 1.82) is 0 Å². The van der Waals surface area contributed by atoms with Gasteiger partial charge in [0.15, 0.2) is 0 Å². The van der Waals surface area contributed by atoms with Crippen LogP contribution in [0.5, 0.6) is 0 Å². The van der Waals surface area contributed by atoms with Gasteiger partial charge in [0.2, 0.25) is 0 Å². The van der Waals surface area contributed by atoms with Crippen molar-refractivity contribution in [3.63, 3.8) is 0 Å². The zero-order valence-electron chi connectivity index (χ0n) is 13.8. The third kappa shape index (κ3) is 3.60. The summed E-state index contributed by atoms with van der Waals surface area (Å²) in [4.78, 5) is 27.0. The van der Waals surface area contributed by atoms with Crippen molar-refractivity contribution in [1.82, 2.24) is 4.90 Å². The number of carbonyl (C=O) groups excluding carboxylic acids is 1. The second-order valence-electron chi connectivity index (χ2n) is 6.01. The normalized spacial score (nSPS) is 14.5. The Morgan fingerprint density at radius 1 is 1.08 bits per heavy atom. The van der Waals surface area contributed by atoms with Crippen molar-refractivity contribution in [2.75, 3.05) is 31.1 Å². The first-order chi connectivity index (χ1) is 12.0. The fraction of sp³-hybridized carbons (Fsp3) is 0.278. The van der Waals surface area contributed by atoms with E-state index in [0.29, 0.717) is 37.3 Å². The Morgan fingerprint density at radius 2 is 1.72 bits per heavy atom. The Hall–Kier alpha value is -2.96. The Labute approximate surface area is 144 Å². The average Bonchev–Trinajstić information content (AvgIpc) is 2.62. The number of nitrogens with zero attached hydrogens (tertiary/aromatic N) is 3. The average molecular weight is 343 g/mol. The molecule has 0 spiro atoms. The summed E-state index contributed by atoms with van der Waals surface area (Å²) in [6.45, 7) is 3.93. The van der Waals surface area contributed by atoms with Crippen molar-refractivity contribution >= 4 is 17.3 Å². The van der Waals surface area contributed by atoms with Gasteiger partial charge >= 0.3 is 0 Å². The Morgan fingerprint density at radius 3 is 2.32 bits per heavy atom. The molecule has 1 saturated heterocycles. The monoisotopic (exact) mass is 343 g/mol. The van der Waals surface area contributed by atoms with Crippen molar-refractivity contribution < 1.29 is 14.1 Å². The third-order valence-corrected chi connectivity index (χ3v) is 4.41. The van der Waals surface area contributed by atoms with Crippen LogP contribution in [0.2, 0.25) is 0 Å². The molecule has 1 heterocycles. The van der Waals surface area contributed by atoms with Gasteiger partial charge in [0, 0.05) is 49.1 Å². The van der Waals surface area contributed by atoms with Gasteiger partial charge in [-0.2, -0.15) is 0 Å². The van der Waals surface area contributed by atoms with Crippen LogP contribution >= 0.6 is 0 Å². The van der Waals surface area contributed by atoms with Crippen LogP contribution in [0, 0.1) is 22.9 Å². The van der Waals surface area contributed by atoms with Crippen LogP contribution in [0.4, 0.5) is 15.8 Å². The zero-order valence-corrected chi connectivity index (χ0v) is 13.8. The molecule has 2 aromatic carbocycles. The molecule has 0 aliphatic carbocycles. The molecule has 0 bridgehead atoms. The van der Waals surface area contributed by atoms with Crippen LogP contribution in [-0.4, -0.2) is 41.9 Å². The number of rotatable bonds is 3. The molecule has 3 rings (SSSR count). The number of piperazine rings is 1. The van der Waals surface area contributed by atoms with E-state index in [2.05, 4.69) is 4.90 Å². The number of anilines is 1. The van der Waals surface area contributed by atoms with Crippen molar-refractivity contribution in [2.24, 2.45) is 0 Å². The molecule has 7 heteroatoms. The number of halogens is 1. The number of amides is 1. The lowest BCUT2D eigenvalue weighted by Crippen LogP contribution is -2.48. The van der Waals surface area contributed by atoms with E-state index >= 15 is 0 Å². The van der Waals surface area contributed by atoms with E-state index in [4.69, 9.17) is 0 Å². The first kappa shape index (κ1) is 16.9. The molecule has 0 atom stereocenters. The van der Waals surface area contributed by atoms with Crippen LogP contribution in [0.15, 0.2) is 42.5 Å². The molecule has 1 amide bonds. The van der Waals surface area contributed by atoms with Gasteiger partial charge in [0.05, 0.1) is 4.92 Å². The van der Waals surface area contributed by atoms with Crippen LogP contribution in [0.1, 0.15) is 15.9 Å². The van der Waals surface area contributed by atoms with Crippen LogP contribution in [-0.2, 0) is 0 Å². The zero-order chi connectivity index (χ0) is 18.0. The minimum absolute atomic E-state index is 0.0456. The molecule has 1 aliphatic rings. The first-order valence-corrected chi connectivity index (χ1v) is 8.00. The van der Waals surface area contributed by atoms with Crippen molar-refractivity contribution in [3.05, 3.63) is 69.5 Å². The van der Waals surface area contributed by atoms with Crippen LogP contribution in [0.25, 0.3) is 0 Å². The molecule has 0 radical (unpaired) electrons. The molecule has 1 aliphatic heterocycles. The van der Waals surface area contributed by atoms with Gasteiger partial charge in [0.25, 0.3) is 11.6 Å². The summed E-state index contributed by atoms with van der Waals surface area (Å²) in [5, 5.41) is 11.0. The molecule has 6 nitrogen and oxygen atoms in total. The number of carbonyl (C=O) groups is 1. The number of hydrogen-bond acceptors (Lipinski definition) is 4. The summed E-state index contributed by atoms with van der Waals surface area (Å²) in [6.07, 6.45) is 0. The molecular formula is C18H18FN3O3. The predicted molar refractivity (Wildman–Crippen MR) is 92.3 cm³/mol. The number of benzene rings is 2. The highest BCUT2D eigenvalue weighted by Crippen LogP contribution is 2.22. The van der Waals surface area contributed by atoms with Gasteiger partial charge in [0.1, 0.15) is 5.82 Å². The lowest BCUT2D eigenvalue weighted by Gasteiger charge is -2.36. The van der Waals surface area contributed by atoms with E-state index in [0.717, 1.165) is 5.69 Å². The van der Waals surface area contributed by atoms with Gasteiger partial charge < -0.3 is 9.80 Å². The van der Waals surface area contributed by atoms with Crippen molar-refractivity contribution in [2.45, 2.75) is 6.92 Å². The lowest BCUT2D eigenvalue weighted by atomic mass is 10.1. The van der Waals surface area contributed by atoms with Gasteiger partial charge in [-0.05, 0) is 37.3 Å². The standard InChI is InChI=1S/C18H18FN3O3/c1-13-2-3-14(12-17(13)22(24)25)18(23)21-10-8-20(9-11-21)16-6-4-15(19)5-7-16/h2-7,12H,8-11H2,1H3. The maximum atomic E-state index is 13.0. The number of aryl methyl sites for hydroxylation is 1. The quantitative estimate of drug-likeness (QED) is 0.635. The van der Waals surface area contributed by atoms with Gasteiger partial charge in [-0.15, -0.1) is 0 Å². The summed E-state index contributed by atoms with van der Waals surface area (Å²) in [6, 6.07) is 10.8. The van der Waals surface area contributed by atoms with Crippen LogP contribution < -0.4 is 4.90 Å². The highest BCUT2D eigenvalue weighted by atomic mass is 19.1. The second kappa shape index (κ2) is 6.88. The molecule has 25 heavy (non-hydrogen) atoms. The Kier molecular flexibility index (Phi) is 4.65. The maximum absolute atomic E-state index is 13.0. The van der Waals surface area contributed by atoms with E-state index in [1.807, 2.05) is 0 Å². The highest BCUT2D eigenvalue weighted by Gasteiger charge is 2.24. The maximum Gasteiger partial charge on any atom is 0.273 e. The molecular weight excluding hydrogens is 325 g/mol. The molecule has 1 fully saturated rings. The van der Waals surface area contributed by atoms with Gasteiger partial charge in [-0.3, -0.25) is 14.9 Å². The largest absolute Gasteiger partial charge is 0.368 e. The smallest absolute Gasteiger partial charge is 0.273 e. The minimum Gasteiger partial charge on any atom is -0.368 e. The van der Waals surface area contributed by atoms with Crippen LogP contribution in [0.3, 0.4) is 0 Å². The number of nitro groups is 1. The predicted octanol–water partition coefficient (Wildman–Crippen LogP) is 3.00. The first-order valence-electron chi connectivity index (χ1n) is 8.00. The molecule has 0 unspecified atom stereocenters. The second-order valence-corrected chi connectivity index (χ2v) is 6.01. The van der Waals surface area contributed by atoms with Gasteiger partial charge in [-0.1, -0.05) is 6.07 Å². The molecule has 2 aromatic rings. The fourth-order valence-electron chi connectivity index (χ4n) is 2.94. The summed E-state index contributed by atoms with van der Waals surface area (Å²) < 4.78 is 13.0. The summed E-state index contributed by atoms with van der Waals surface area (Å²) in [5.74, 6) is -0.486. The lowest BCUT2D eigenvalue weighted by molar-refractivity contribution is -0.385. The molecule has 130 valence electrons. The summed E-state index contributed by atoms with van der Waals surface area (Å²) >= 11 is 0. The Balaban J connectivity index is 1.68. The van der Waals surface area contributed by atoms with E-state index in [1.54, 1.807) is 36.1 Å². The van der Waals surface area contributed by atoms with E-state index < -0.39 is 4.92 Å². The van der Waals surface area contributed by atoms with E-state index in [-0.39, 0.29) is 17.4 Å². The fourth-order valence-corrected chi connectivity index (χ4v) is 2.94. The Bertz CT molecular complexity index is 800. The van der Waals surface area contributed by atoms with Crippen molar-refractivity contribution in [3.8, 4) is 0 Å². The summed E-state index contributed by atoms with van der Waals surface area (Å²) in [7, 11) is 0. The number of hydrogen-bond donors (Lipinski definition) is 0. The van der Waals surface area contributed by atoms with Gasteiger partial charge in [-0.25, -0.2) is 4.39 Å². The number of nitro benzene ring substituents is 1.